The molecule has 0 saturated heterocycles. The van der Waals surface area contributed by atoms with Crippen LogP contribution in [-0.4, -0.2) is 32.0 Å². The fourth-order valence-electron chi connectivity index (χ4n) is 3.91. The first-order valence-corrected chi connectivity index (χ1v) is 13.0. The van der Waals surface area contributed by atoms with Gasteiger partial charge in [-0.15, -0.1) is 21.5 Å². The molecular weight excluding hydrogens is 524 g/mol. The Morgan fingerprint density at radius 1 is 1.05 bits per heavy atom. The summed E-state index contributed by atoms with van der Waals surface area (Å²) in [6.07, 6.45) is 0. The molecule has 0 aliphatic heterocycles. The van der Waals surface area contributed by atoms with Gasteiger partial charge in [-0.25, -0.2) is 0 Å². The van der Waals surface area contributed by atoms with E-state index < -0.39 is 17.9 Å². The number of furan rings is 1. The van der Waals surface area contributed by atoms with Gasteiger partial charge in [0.05, 0.1) is 4.88 Å². The van der Waals surface area contributed by atoms with Gasteiger partial charge < -0.3 is 9.73 Å². The van der Waals surface area contributed by atoms with Crippen molar-refractivity contribution in [3.05, 3.63) is 106 Å². The lowest BCUT2D eigenvalue weighted by Gasteiger charge is -2.30. The monoisotopic (exact) mass is 546 g/mol. The Labute approximate surface area is 227 Å². The minimum absolute atomic E-state index is 0.247. The molecule has 2 aromatic carbocycles. The van der Waals surface area contributed by atoms with Crippen molar-refractivity contribution in [1.29, 1.82) is 0 Å². The fraction of sp³-hybridized carbons (Fsp3) is 0.148. The molecule has 11 heteroatoms. The molecule has 0 aliphatic rings. The van der Waals surface area contributed by atoms with Gasteiger partial charge >= 0.3 is 0 Å². The van der Waals surface area contributed by atoms with E-state index in [0.717, 1.165) is 10.4 Å². The van der Waals surface area contributed by atoms with Gasteiger partial charge in [0.15, 0.2) is 6.04 Å². The number of aryl methyl sites for hydroxylation is 1. The van der Waals surface area contributed by atoms with E-state index in [2.05, 4.69) is 20.7 Å². The lowest BCUT2D eigenvalue weighted by atomic mass is 10.1. The highest BCUT2D eigenvalue weighted by molar-refractivity contribution is 7.13. The number of thiophene rings is 1. The number of halogens is 1. The Hall–Kier alpha value is -4.28. The zero-order chi connectivity index (χ0) is 26.5. The quantitative estimate of drug-likeness (QED) is 0.277. The average molecular weight is 547 g/mol. The van der Waals surface area contributed by atoms with E-state index in [1.165, 1.54) is 21.0 Å². The van der Waals surface area contributed by atoms with Crippen LogP contribution >= 0.6 is 22.9 Å². The number of hydrogen-bond acceptors (Lipinski definition) is 7. The van der Waals surface area contributed by atoms with Gasteiger partial charge in [-0.05, 0) is 65.5 Å². The summed E-state index contributed by atoms with van der Waals surface area (Å²) in [7, 11) is 0. The number of carbonyl (C=O) groups excluding carboxylic acids is 2. The van der Waals surface area contributed by atoms with Crippen LogP contribution < -0.4 is 10.2 Å². The Morgan fingerprint density at radius 2 is 1.84 bits per heavy atom. The van der Waals surface area contributed by atoms with Crippen LogP contribution in [0.15, 0.2) is 88.7 Å². The van der Waals surface area contributed by atoms with Gasteiger partial charge in [-0.2, -0.15) is 4.80 Å². The summed E-state index contributed by atoms with van der Waals surface area (Å²) in [4.78, 5) is 31.0. The molecule has 1 N–H and O–H groups in total. The number of carbonyl (C=O) groups is 2. The van der Waals surface area contributed by atoms with E-state index in [1.54, 1.807) is 43.3 Å². The van der Waals surface area contributed by atoms with Crippen LogP contribution in [0.25, 0.3) is 10.7 Å². The first-order valence-electron chi connectivity index (χ1n) is 11.8. The zero-order valence-corrected chi connectivity index (χ0v) is 21.9. The first-order chi connectivity index (χ1) is 18.5. The molecule has 0 bridgehead atoms. The number of anilines is 1. The molecule has 0 fully saturated rings. The maximum atomic E-state index is 13.8. The van der Waals surface area contributed by atoms with Crippen molar-refractivity contribution in [2.45, 2.75) is 26.1 Å². The molecule has 2 amide bonds. The van der Waals surface area contributed by atoms with E-state index in [0.29, 0.717) is 28.1 Å². The number of rotatable bonds is 9. The van der Waals surface area contributed by atoms with Crippen molar-refractivity contribution in [3.8, 4) is 10.7 Å². The molecule has 5 rings (SSSR count). The molecule has 0 radical (unpaired) electrons. The minimum Gasteiger partial charge on any atom is -0.464 e. The number of aromatic nitrogens is 4. The largest absolute Gasteiger partial charge is 0.464 e. The molecule has 0 spiro atoms. The van der Waals surface area contributed by atoms with Crippen LogP contribution in [0.2, 0.25) is 5.02 Å². The van der Waals surface area contributed by atoms with Crippen LogP contribution in [0, 0.1) is 6.92 Å². The molecule has 1 atom stereocenters. The number of hydrogen-bond donors (Lipinski definition) is 1. The van der Waals surface area contributed by atoms with Gasteiger partial charge in [-0.1, -0.05) is 48.0 Å². The smallest absolute Gasteiger partial charge is 0.251 e. The highest BCUT2D eigenvalue weighted by Gasteiger charge is 2.35. The molecule has 5 aromatic rings. The topological polar surface area (TPSA) is 106 Å². The molecular formula is C27H23ClN6O3S. The molecule has 0 aliphatic carbocycles. The normalized spacial score (nSPS) is 11.7. The number of benzene rings is 2. The summed E-state index contributed by atoms with van der Waals surface area (Å²) in [6.45, 7) is 1.82. The van der Waals surface area contributed by atoms with Crippen LogP contribution in [0.5, 0.6) is 0 Å². The Bertz CT molecular complexity index is 1520. The summed E-state index contributed by atoms with van der Waals surface area (Å²) in [5, 5.41) is 17.8. The summed E-state index contributed by atoms with van der Waals surface area (Å²) in [5.41, 5.74) is 1.39. The first kappa shape index (κ1) is 25.4. The van der Waals surface area contributed by atoms with E-state index in [4.69, 9.17) is 16.0 Å². The second kappa shape index (κ2) is 11.4. The molecule has 192 valence electrons. The predicted octanol–water partition coefficient (Wildman–Crippen LogP) is 5.05. The van der Waals surface area contributed by atoms with E-state index in [9.17, 15) is 9.59 Å². The summed E-state index contributed by atoms with van der Waals surface area (Å²) < 4.78 is 5.87. The maximum Gasteiger partial charge on any atom is 0.251 e. The summed E-state index contributed by atoms with van der Waals surface area (Å²) >= 11 is 7.60. The predicted molar refractivity (Wildman–Crippen MR) is 145 cm³/mol. The van der Waals surface area contributed by atoms with Crippen LogP contribution in [0.1, 0.15) is 23.1 Å². The van der Waals surface area contributed by atoms with E-state index >= 15 is 0 Å². The van der Waals surface area contributed by atoms with Crippen LogP contribution in [-0.2, 0) is 22.7 Å². The Morgan fingerprint density at radius 3 is 2.53 bits per heavy atom. The highest BCUT2D eigenvalue weighted by Crippen LogP contribution is 2.31. The average Bonchev–Trinajstić information content (AvgIpc) is 3.70. The second-order valence-corrected chi connectivity index (χ2v) is 9.80. The molecule has 0 saturated carbocycles. The Balaban J connectivity index is 1.48. The van der Waals surface area contributed by atoms with E-state index in [1.807, 2.05) is 47.8 Å². The zero-order valence-electron chi connectivity index (χ0n) is 20.3. The second-order valence-electron chi connectivity index (χ2n) is 8.42. The Kier molecular flexibility index (Phi) is 7.62. The third-order valence-corrected chi connectivity index (χ3v) is 6.81. The van der Waals surface area contributed by atoms with Crippen molar-refractivity contribution in [1.82, 2.24) is 25.5 Å². The number of nitrogens with one attached hydrogen (secondary N) is 1. The third-order valence-electron chi connectivity index (χ3n) is 5.69. The number of tetrazole rings is 1. The van der Waals surface area contributed by atoms with Crippen LogP contribution in [0.3, 0.4) is 0 Å². The third kappa shape index (κ3) is 5.82. The maximum absolute atomic E-state index is 13.8. The highest BCUT2D eigenvalue weighted by atomic mass is 35.5. The minimum atomic E-state index is -1.10. The van der Waals surface area contributed by atoms with Crippen molar-refractivity contribution < 1.29 is 14.0 Å². The van der Waals surface area contributed by atoms with Crippen LogP contribution in [0.4, 0.5) is 5.69 Å². The lowest BCUT2D eigenvalue weighted by Crippen LogP contribution is -2.45. The standard InChI is InChI=1S/C27H23ClN6O3S/c1-18-9-14-22(37-18)25(27(36)29-16-19-6-3-2-4-7-19)34(21-12-10-20(28)11-13-21)24(35)17-33-31-26(30-32-33)23-8-5-15-38-23/h2-15,25H,16-17H2,1H3,(H,29,36)/t25-/m0/s1. The van der Waals surface area contributed by atoms with Crippen molar-refractivity contribution in [2.75, 3.05) is 4.90 Å². The van der Waals surface area contributed by atoms with Gasteiger partial charge in [0.25, 0.3) is 11.8 Å². The van der Waals surface area contributed by atoms with E-state index in [-0.39, 0.29) is 13.1 Å². The van der Waals surface area contributed by atoms with Gasteiger partial charge in [0.1, 0.15) is 18.1 Å². The SMILES string of the molecule is Cc1ccc([C@@H](C(=O)NCc2ccccc2)N(C(=O)Cn2nnc(-c3cccs3)n2)c2ccc(Cl)cc2)o1. The molecule has 0 unspecified atom stereocenters. The molecule has 3 heterocycles. The fourth-order valence-corrected chi connectivity index (χ4v) is 4.68. The molecule has 38 heavy (non-hydrogen) atoms. The van der Waals surface area contributed by atoms with Gasteiger partial charge in [-0.3, -0.25) is 14.5 Å². The molecule has 3 aromatic heterocycles. The summed E-state index contributed by atoms with van der Waals surface area (Å²) in [6, 6.07) is 22.3. The summed E-state index contributed by atoms with van der Waals surface area (Å²) in [5.74, 6) is 0.517. The van der Waals surface area contributed by atoms with Crippen molar-refractivity contribution in [2.24, 2.45) is 0 Å². The van der Waals surface area contributed by atoms with Gasteiger partial charge in [0, 0.05) is 17.3 Å². The van der Waals surface area contributed by atoms with Gasteiger partial charge in [0.2, 0.25) is 5.82 Å². The number of amides is 2. The lowest BCUT2D eigenvalue weighted by molar-refractivity contribution is -0.127. The molecule has 9 nitrogen and oxygen atoms in total. The van der Waals surface area contributed by atoms with Crippen molar-refractivity contribution in [3.63, 3.8) is 0 Å². The van der Waals surface area contributed by atoms with Crippen molar-refractivity contribution >= 4 is 40.4 Å². The number of nitrogens with zero attached hydrogens (tertiary/aromatic N) is 5.